The first-order valence-electron chi connectivity index (χ1n) is 11.4. The fourth-order valence-electron chi connectivity index (χ4n) is 3.70. The third-order valence-corrected chi connectivity index (χ3v) is 6.05. The Morgan fingerprint density at radius 2 is 1.48 bits per heavy atom. The predicted molar refractivity (Wildman–Crippen MR) is 140 cm³/mol. The first-order valence-corrected chi connectivity index (χ1v) is 11.4. The van der Waals surface area contributed by atoms with Gasteiger partial charge < -0.3 is 16.2 Å². The quantitative estimate of drug-likeness (QED) is 0.264. The maximum Gasteiger partial charge on any atom is 0.179 e. The van der Waals surface area contributed by atoms with Crippen LogP contribution in [-0.4, -0.2) is 17.6 Å². The zero-order valence-corrected chi connectivity index (χ0v) is 19.9. The first-order chi connectivity index (χ1) is 16.0. The average Bonchev–Trinajstić information content (AvgIpc) is 3.25. The van der Waals surface area contributed by atoms with Crippen LogP contribution in [0.1, 0.15) is 44.7 Å². The maximum atomic E-state index is 4.39. The highest BCUT2D eigenvalue weighted by atomic mass is 15.4. The van der Waals surface area contributed by atoms with E-state index >= 15 is 0 Å². The van der Waals surface area contributed by atoms with Gasteiger partial charge in [0.15, 0.2) is 5.84 Å². The van der Waals surface area contributed by atoms with E-state index in [9.17, 15) is 0 Å². The minimum Gasteiger partial charge on any atom is -0.382 e. The van der Waals surface area contributed by atoms with Gasteiger partial charge in [-0.25, -0.2) is 0 Å². The van der Waals surface area contributed by atoms with Gasteiger partial charge in [0.05, 0.1) is 23.5 Å². The lowest BCUT2D eigenvalue weighted by atomic mass is 10.1. The van der Waals surface area contributed by atoms with E-state index < -0.39 is 0 Å². The standard InChI is InChI=1S/C26H31N7/c1-6-16(2)27-24-13-14-25(21-10-8-7-9-20(21)24)31-29-22-11-12-23(19(5)18(22)4)30-33-26-15-17(3)28-32-26/h7-14,16,27,29,31H,6,15H2,1-5H3/b33-30+. The van der Waals surface area contributed by atoms with Crippen LogP contribution in [0.25, 0.3) is 10.8 Å². The molecule has 1 heterocycles. The number of hydrogen-bond acceptors (Lipinski definition) is 7. The molecule has 0 bridgehead atoms. The molecule has 1 unspecified atom stereocenters. The lowest BCUT2D eigenvalue weighted by Gasteiger charge is -2.19. The monoisotopic (exact) mass is 441 g/mol. The average molecular weight is 442 g/mol. The molecule has 0 aromatic heterocycles. The summed E-state index contributed by atoms with van der Waals surface area (Å²) in [6.45, 7) is 10.5. The van der Waals surface area contributed by atoms with E-state index in [-0.39, 0.29) is 0 Å². The lowest BCUT2D eigenvalue weighted by molar-refractivity contribution is 0.765. The van der Waals surface area contributed by atoms with Crippen molar-refractivity contribution < 1.29 is 0 Å². The van der Waals surface area contributed by atoms with Crippen molar-refractivity contribution in [1.82, 2.24) is 0 Å². The normalized spacial score (nSPS) is 14.3. The molecular formula is C26H31N7. The summed E-state index contributed by atoms with van der Waals surface area (Å²) >= 11 is 0. The van der Waals surface area contributed by atoms with Crippen LogP contribution in [0.3, 0.4) is 0 Å². The Balaban J connectivity index is 1.52. The molecule has 170 valence electrons. The van der Waals surface area contributed by atoms with Gasteiger partial charge in [-0.1, -0.05) is 31.2 Å². The highest BCUT2D eigenvalue weighted by Crippen LogP contribution is 2.32. The highest BCUT2D eigenvalue weighted by Gasteiger charge is 2.11. The van der Waals surface area contributed by atoms with E-state index in [1.54, 1.807) is 0 Å². The lowest BCUT2D eigenvalue weighted by Crippen LogP contribution is -2.14. The molecule has 7 heteroatoms. The van der Waals surface area contributed by atoms with Crippen molar-refractivity contribution in [3.05, 3.63) is 59.7 Å². The van der Waals surface area contributed by atoms with Gasteiger partial charge in [0.25, 0.3) is 0 Å². The van der Waals surface area contributed by atoms with Crippen LogP contribution in [0.5, 0.6) is 0 Å². The van der Waals surface area contributed by atoms with Crippen molar-refractivity contribution in [3.8, 4) is 0 Å². The van der Waals surface area contributed by atoms with Crippen molar-refractivity contribution in [2.45, 2.75) is 53.5 Å². The molecule has 3 aromatic carbocycles. The number of anilines is 3. The molecule has 0 aliphatic carbocycles. The number of amidine groups is 1. The topological polar surface area (TPSA) is 85.5 Å². The minimum absolute atomic E-state index is 0.420. The molecule has 0 spiro atoms. The van der Waals surface area contributed by atoms with Crippen LogP contribution in [0, 0.1) is 13.8 Å². The SMILES string of the molecule is CCC(C)Nc1ccc(NNc2ccc(/N=N/C3=NN=C(C)C3)c(C)c2C)c2ccccc12. The van der Waals surface area contributed by atoms with Crippen molar-refractivity contribution in [3.63, 3.8) is 0 Å². The van der Waals surface area contributed by atoms with E-state index in [0.717, 1.165) is 51.4 Å². The number of fused-ring (bicyclic) bond motifs is 1. The van der Waals surface area contributed by atoms with Gasteiger partial charge in [0.1, 0.15) is 0 Å². The molecule has 0 radical (unpaired) electrons. The van der Waals surface area contributed by atoms with Gasteiger partial charge in [-0.05, 0) is 69.5 Å². The van der Waals surface area contributed by atoms with Crippen LogP contribution in [0.15, 0.2) is 69.0 Å². The van der Waals surface area contributed by atoms with E-state index in [2.05, 4.69) is 101 Å². The summed E-state index contributed by atoms with van der Waals surface area (Å²) < 4.78 is 0. The van der Waals surface area contributed by atoms with Crippen LogP contribution < -0.4 is 16.2 Å². The molecule has 3 aromatic rings. The maximum absolute atomic E-state index is 4.39. The Labute approximate surface area is 195 Å². The number of hydrazine groups is 1. The zero-order chi connectivity index (χ0) is 23.4. The second-order valence-electron chi connectivity index (χ2n) is 8.52. The summed E-state index contributed by atoms with van der Waals surface area (Å²) in [6, 6.07) is 17.1. The fourth-order valence-corrected chi connectivity index (χ4v) is 3.70. The number of nitrogens with zero attached hydrogens (tertiary/aromatic N) is 4. The van der Waals surface area contributed by atoms with Gasteiger partial charge >= 0.3 is 0 Å². The number of azo groups is 1. The Bertz CT molecular complexity index is 1260. The van der Waals surface area contributed by atoms with Gasteiger partial charge in [-0.15, -0.1) is 15.3 Å². The van der Waals surface area contributed by atoms with Crippen LogP contribution in [0.4, 0.5) is 22.7 Å². The Morgan fingerprint density at radius 3 is 2.18 bits per heavy atom. The molecule has 3 N–H and O–H groups in total. The summed E-state index contributed by atoms with van der Waals surface area (Å²) in [5.74, 6) is 0.645. The van der Waals surface area contributed by atoms with Gasteiger partial charge in [-0.2, -0.15) is 5.10 Å². The molecule has 0 saturated carbocycles. The molecule has 0 saturated heterocycles. The van der Waals surface area contributed by atoms with E-state index in [1.807, 2.05) is 19.1 Å². The highest BCUT2D eigenvalue weighted by molar-refractivity contribution is 6.05. The van der Waals surface area contributed by atoms with Crippen molar-refractivity contribution in [2.75, 3.05) is 16.2 Å². The predicted octanol–water partition coefficient (Wildman–Crippen LogP) is 7.37. The Kier molecular flexibility index (Phi) is 6.68. The van der Waals surface area contributed by atoms with Crippen LogP contribution in [0.2, 0.25) is 0 Å². The molecule has 1 atom stereocenters. The van der Waals surface area contributed by atoms with Crippen molar-refractivity contribution in [2.24, 2.45) is 20.4 Å². The summed E-state index contributed by atoms with van der Waals surface area (Å²) in [5, 5.41) is 22.7. The summed E-state index contributed by atoms with van der Waals surface area (Å²) in [6.07, 6.45) is 1.73. The first kappa shape index (κ1) is 22.5. The molecule has 7 nitrogen and oxygen atoms in total. The summed E-state index contributed by atoms with van der Waals surface area (Å²) in [7, 11) is 0. The number of hydrogen-bond donors (Lipinski definition) is 3. The molecular weight excluding hydrogens is 410 g/mol. The third kappa shape index (κ3) is 5.03. The number of benzene rings is 3. The van der Waals surface area contributed by atoms with Gasteiger partial charge in [0.2, 0.25) is 0 Å². The van der Waals surface area contributed by atoms with Gasteiger partial charge in [-0.3, -0.25) is 0 Å². The molecule has 1 aliphatic rings. The van der Waals surface area contributed by atoms with Gasteiger partial charge in [0, 0.05) is 28.2 Å². The van der Waals surface area contributed by atoms with Crippen LogP contribution >= 0.6 is 0 Å². The number of nitrogens with one attached hydrogen (secondary N) is 3. The molecule has 33 heavy (non-hydrogen) atoms. The van der Waals surface area contributed by atoms with Crippen LogP contribution in [-0.2, 0) is 0 Å². The van der Waals surface area contributed by atoms with Crippen molar-refractivity contribution in [1.29, 1.82) is 0 Å². The number of rotatable bonds is 7. The largest absolute Gasteiger partial charge is 0.382 e. The third-order valence-electron chi connectivity index (χ3n) is 6.05. The molecule has 0 fully saturated rings. The zero-order valence-electron chi connectivity index (χ0n) is 19.9. The molecule has 0 amide bonds. The van der Waals surface area contributed by atoms with E-state index in [0.29, 0.717) is 18.3 Å². The fraction of sp³-hybridized carbons (Fsp3) is 0.308. The smallest absolute Gasteiger partial charge is 0.179 e. The minimum atomic E-state index is 0.420. The second kappa shape index (κ2) is 9.81. The van der Waals surface area contributed by atoms with E-state index in [1.165, 1.54) is 5.39 Å². The summed E-state index contributed by atoms with van der Waals surface area (Å²) in [4.78, 5) is 0. The second-order valence-corrected chi connectivity index (χ2v) is 8.52. The Hall–Kier alpha value is -3.74. The summed E-state index contributed by atoms with van der Waals surface area (Å²) in [5.41, 5.74) is 13.9. The molecule has 4 rings (SSSR count). The van der Waals surface area contributed by atoms with Crippen molar-refractivity contribution >= 4 is 45.1 Å². The Morgan fingerprint density at radius 1 is 0.818 bits per heavy atom. The van der Waals surface area contributed by atoms with E-state index in [4.69, 9.17) is 0 Å². The molecule has 1 aliphatic heterocycles.